The molecule has 1 amide bonds. The number of nitrogens with two attached hydrogens (primary N) is 1. The number of carbonyl (C=O) groups is 1. The van der Waals surface area contributed by atoms with Crippen molar-refractivity contribution in [3.63, 3.8) is 0 Å². The van der Waals surface area contributed by atoms with Crippen LogP contribution in [0, 0.1) is 0 Å². The highest BCUT2D eigenvalue weighted by molar-refractivity contribution is 5.88. The molecular weight excluding hydrogens is 182 g/mol. The minimum atomic E-state index is -0.868. The lowest BCUT2D eigenvalue weighted by molar-refractivity contribution is -0.0428. The van der Waals surface area contributed by atoms with Gasteiger partial charge in [-0.3, -0.25) is 4.79 Å². The minimum absolute atomic E-state index is 0.0391. The van der Waals surface area contributed by atoms with Crippen molar-refractivity contribution in [2.45, 2.75) is 24.9 Å². The fraction of sp³-hybridized carbons (Fsp3) is 0.444. The van der Waals surface area contributed by atoms with Gasteiger partial charge in [0.25, 0.3) is 5.91 Å². The average molecular weight is 193 g/mol. The van der Waals surface area contributed by atoms with Crippen LogP contribution in [-0.2, 0) is 5.60 Å². The third-order valence-corrected chi connectivity index (χ3v) is 2.53. The summed E-state index contributed by atoms with van der Waals surface area (Å²) in [5, 5.41) is 9.95. The first kappa shape index (κ1) is 9.08. The third-order valence-electron chi connectivity index (χ3n) is 2.53. The molecule has 3 N–H and O–H groups in total. The number of rotatable bonds is 2. The summed E-state index contributed by atoms with van der Waals surface area (Å²) in [5.74, 6) is -0.711. The lowest BCUT2D eigenvalue weighted by atomic mass is 9.78. The molecule has 5 nitrogen and oxygen atoms in total. The molecule has 1 fully saturated rings. The summed E-state index contributed by atoms with van der Waals surface area (Å²) in [5.41, 5.74) is 4.67. The average Bonchev–Trinajstić information content (AvgIpc) is 2.14. The van der Waals surface area contributed by atoms with Crippen LogP contribution in [0.1, 0.15) is 35.6 Å². The van der Waals surface area contributed by atoms with Crippen LogP contribution in [0.2, 0.25) is 0 Å². The molecule has 74 valence electrons. The number of amides is 1. The second-order valence-electron chi connectivity index (χ2n) is 3.51. The van der Waals surface area contributed by atoms with Gasteiger partial charge in [0, 0.05) is 6.20 Å². The molecule has 1 saturated carbocycles. The van der Waals surface area contributed by atoms with Crippen LogP contribution in [0.3, 0.4) is 0 Å². The van der Waals surface area contributed by atoms with Gasteiger partial charge in [-0.25, -0.2) is 9.97 Å². The van der Waals surface area contributed by atoms with Crippen LogP contribution in [0.5, 0.6) is 0 Å². The summed E-state index contributed by atoms with van der Waals surface area (Å²) >= 11 is 0. The summed E-state index contributed by atoms with van der Waals surface area (Å²) in [6.45, 7) is 0. The Morgan fingerprint density at radius 2 is 2.29 bits per heavy atom. The van der Waals surface area contributed by atoms with Crippen LogP contribution in [0.15, 0.2) is 12.3 Å². The first-order valence-corrected chi connectivity index (χ1v) is 4.47. The summed E-state index contributed by atoms with van der Waals surface area (Å²) in [7, 11) is 0. The number of aliphatic hydroxyl groups is 1. The molecule has 0 radical (unpaired) electrons. The number of primary amides is 1. The Kier molecular flexibility index (Phi) is 1.96. The molecule has 0 bridgehead atoms. The van der Waals surface area contributed by atoms with E-state index >= 15 is 0 Å². The van der Waals surface area contributed by atoms with Crippen LogP contribution >= 0.6 is 0 Å². The van der Waals surface area contributed by atoms with E-state index in [-0.39, 0.29) is 5.82 Å². The van der Waals surface area contributed by atoms with Gasteiger partial charge in [0.15, 0.2) is 0 Å². The quantitative estimate of drug-likeness (QED) is 0.689. The first-order valence-electron chi connectivity index (χ1n) is 4.47. The molecule has 2 rings (SSSR count). The molecule has 0 aromatic carbocycles. The fourth-order valence-corrected chi connectivity index (χ4v) is 1.50. The van der Waals surface area contributed by atoms with E-state index in [9.17, 15) is 9.90 Å². The summed E-state index contributed by atoms with van der Waals surface area (Å²) in [6.07, 6.45) is 3.79. The highest BCUT2D eigenvalue weighted by Crippen LogP contribution is 2.39. The van der Waals surface area contributed by atoms with Crippen LogP contribution in [0.25, 0.3) is 0 Å². The second-order valence-corrected chi connectivity index (χ2v) is 3.51. The van der Waals surface area contributed by atoms with Crippen molar-refractivity contribution in [3.8, 4) is 0 Å². The maximum Gasteiger partial charge on any atom is 0.286 e. The minimum Gasteiger partial charge on any atom is -0.384 e. The first-order chi connectivity index (χ1) is 6.62. The SMILES string of the molecule is NC(=O)c1nccc(C2(O)CCC2)n1. The van der Waals surface area contributed by atoms with Crippen molar-refractivity contribution in [1.29, 1.82) is 0 Å². The molecule has 0 atom stereocenters. The van der Waals surface area contributed by atoms with Crippen LogP contribution < -0.4 is 5.73 Å². The van der Waals surface area contributed by atoms with Crippen molar-refractivity contribution < 1.29 is 9.90 Å². The Bertz CT molecular complexity index is 374. The lowest BCUT2D eigenvalue weighted by Gasteiger charge is -2.35. The molecule has 0 unspecified atom stereocenters. The zero-order chi connectivity index (χ0) is 10.2. The topological polar surface area (TPSA) is 89.1 Å². The van der Waals surface area contributed by atoms with Gasteiger partial charge < -0.3 is 10.8 Å². The van der Waals surface area contributed by atoms with Gasteiger partial charge in [-0.1, -0.05) is 0 Å². The zero-order valence-corrected chi connectivity index (χ0v) is 7.60. The highest BCUT2D eigenvalue weighted by Gasteiger charge is 2.37. The van der Waals surface area contributed by atoms with Crippen molar-refractivity contribution in [2.24, 2.45) is 5.73 Å². The predicted molar refractivity (Wildman–Crippen MR) is 48.3 cm³/mol. The van der Waals surface area contributed by atoms with E-state index in [1.807, 2.05) is 0 Å². The molecule has 14 heavy (non-hydrogen) atoms. The monoisotopic (exact) mass is 193 g/mol. The molecule has 0 spiro atoms. The van der Waals surface area contributed by atoms with Gasteiger partial charge in [0.05, 0.1) is 5.69 Å². The number of aromatic nitrogens is 2. The van der Waals surface area contributed by atoms with Gasteiger partial charge in [0.1, 0.15) is 5.60 Å². The standard InChI is InChI=1S/C9H11N3O2/c10-7(13)8-11-5-2-6(12-8)9(14)3-1-4-9/h2,5,14H,1,3-4H2,(H2,10,13). The van der Waals surface area contributed by atoms with Crippen molar-refractivity contribution in [3.05, 3.63) is 23.8 Å². The molecule has 1 aromatic heterocycles. The van der Waals surface area contributed by atoms with Gasteiger partial charge >= 0.3 is 0 Å². The Morgan fingerprint density at radius 3 is 2.79 bits per heavy atom. The predicted octanol–water partition coefficient (Wildman–Crippen LogP) is -0.0530. The Hall–Kier alpha value is -1.49. The zero-order valence-electron chi connectivity index (χ0n) is 7.60. The van der Waals surface area contributed by atoms with Crippen LogP contribution in [-0.4, -0.2) is 21.0 Å². The van der Waals surface area contributed by atoms with Gasteiger partial charge in [-0.2, -0.15) is 0 Å². The Balaban J connectivity index is 2.35. The van der Waals surface area contributed by atoms with Gasteiger partial charge in [-0.15, -0.1) is 0 Å². The largest absolute Gasteiger partial charge is 0.384 e. The molecule has 1 aromatic rings. The molecule has 0 saturated heterocycles. The van der Waals surface area contributed by atoms with Crippen molar-refractivity contribution in [1.82, 2.24) is 9.97 Å². The van der Waals surface area contributed by atoms with Gasteiger partial charge in [0.2, 0.25) is 5.82 Å². The highest BCUT2D eigenvalue weighted by atomic mass is 16.3. The maximum atomic E-state index is 10.8. The van der Waals surface area contributed by atoms with Crippen molar-refractivity contribution in [2.75, 3.05) is 0 Å². The molecule has 1 aliphatic carbocycles. The molecule has 1 heterocycles. The maximum absolute atomic E-state index is 10.8. The fourth-order valence-electron chi connectivity index (χ4n) is 1.50. The van der Waals surface area contributed by atoms with Crippen molar-refractivity contribution >= 4 is 5.91 Å². The van der Waals surface area contributed by atoms with E-state index in [1.54, 1.807) is 6.07 Å². The van der Waals surface area contributed by atoms with E-state index in [2.05, 4.69) is 9.97 Å². The molecule has 0 aliphatic heterocycles. The van der Waals surface area contributed by atoms with E-state index in [4.69, 9.17) is 5.73 Å². The molecule has 5 heteroatoms. The summed E-state index contributed by atoms with van der Waals surface area (Å²) < 4.78 is 0. The second kappa shape index (κ2) is 3.02. The van der Waals surface area contributed by atoms with Crippen LogP contribution in [0.4, 0.5) is 0 Å². The molecule has 1 aliphatic rings. The van der Waals surface area contributed by atoms with E-state index < -0.39 is 11.5 Å². The van der Waals surface area contributed by atoms with Gasteiger partial charge in [-0.05, 0) is 25.3 Å². The number of carbonyl (C=O) groups excluding carboxylic acids is 1. The van der Waals surface area contributed by atoms with E-state index in [0.717, 1.165) is 6.42 Å². The number of hydrogen-bond acceptors (Lipinski definition) is 4. The summed E-state index contributed by atoms with van der Waals surface area (Å²) in [6, 6.07) is 1.62. The van der Waals surface area contributed by atoms with E-state index in [0.29, 0.717) is 18.5 Å². The van der Waals surface area contributed by atoms with E-state index in [1.165, 1.54) is 6.20 Å². The molecular formula is C9H11N3O2. The Morgan fingerprint density at radius 1 is 1.57 bits per heavy atom. The number of nitrogens with zero attached hydrogens (tertiary/aromatic N) is 2. The lowest BCUT2D eigenvalue weighted by Crippen LogP contribution is -2.35. The normalized spacial score (nSPS) is 18.6. The smallest absolute Gasteiger partial charge is 0.286 e. The third kappa shape index (κ3) is 1.35. The summed E-state index contributed by atoms with van der Waals surface area (Å²) in [4.78, 5) is 18.4. The Labute approximate surface area is 81.0 Å². The number of hydrogen-bond donors (Lipinski definition) is 2.